The number of carbonyl (C=O) groups is 1. The molecular weight excluding hydrogens is 599 g/mol. The summed E-state index contributed by atoms with van der Waals surface area (Å²) in [6.45, 7) is 3.45. The topological polar surface area (TPSA) is 86.6 Å². The molecule has 1 saturated carbocycles. The molecule has 240 valence electrons. The molecule has 45 heavy (non-hydrogen) atoms. The first-order valence-electron chi connectivity index (χ1n) is 14.4. The molecule has 4 aromatic rings. The molecule has 1 aromatic heterocycles. The highest BCUT2D eigenvalue weighted by molar-refractivity contribution is 5.92. The summed E-state index contributed by atoms with van der Waals surface area (Å²) in [7, 11) is 0. The van der Waals surface area contributed by atoms with E-state index in [9.17, 15) is 26.7 Å². The van der Waals surface area contributed by atoms with Crippen LogP contribution in [-0.2, 0) is 4.79 Å². The number of amides is 1. The number of imidazole rings is 1. The zero-order chi connectivity index (χ0) is 32.4. The summed E-state index contributed by atoms with van der Waals surface area (Å²) < 4.78 is 78.8. The van der Waals surface area contributed by atoms with Crippen molar-refractivity contribution in [3.05, 3.63) is 66.7 Å². The number of halogens is 5. The predicted octanol–water partition coefficient (Wildman–Crippen LogP) is 8.68. The zero-order valence-corrected chi connectivity index (χ0v) is 24.8. The van der Waals surface area contributed by atoms with Crippen molar-refractivity contribution in [1.29, 1.82) is 0 Å². The average Bonchev–Trinajstić information content (AvgIpc) is 3.29. The van der Waals surface area contributed by atoms with Crippen LogP contribution in [0.2, 0.25) is 0 Å². The van der Waals surface area contributed by atoms with Gasteiger partial charge in [0, 0.05) is 23.5 Å². The third-order valence-electron chi connectivity index (χ3n) is 7.47. The molecule has 8 nitrogen and oxygen atoms in total. The Labute approximate surface area is 256 Å². The minimum Gasteiger partial charge on any atom is -0.484 e. The first-order valence-corrected chi connectivity index (χ1v) is 14.4. The fraction of sp³-hybridized carbons (Fsp3) is 0.375. The third-order valence-corrected chi connectivity index (χ3v) is 7.47. The summed E-state index contributed by atoms with van der Waals surface area (Å²) in [6.07, 6.45) is -1.86. The third kappa shape index (κ3) is 8.55. The first-order chi connectivity index (χ1) is 21.2. The summed E-state index contributed by atoms with van der Waals surface area (Å²) in [5.74, 6) is 0.588. The lowest BCUT2D eigenvalue weighted by molar-refractivity contribution is -0.274. The Kier molecular flexibility index (Phi) is 9.08. The van der Waals surface area contributed by atoms with Crippen molar-refractivity contribution in [2.24, 2.45) is 11.3 Å². The highest BCUT2D eigenvalue weighted by Crippen LogP contribution is 2.46. The molecule has 1 aliphatic rings. The van der Waals surface area contributed by atoms with Crippen molar-refractivity contribution < 1.29 is 41.0 Å². The van der Waals surface area contributed by atoms with Crippen LogP contribution in [0.3, 0.4) is 0 Å². The maximum Gasteiger partial charge on any atom is 0.573 e. The number of benzene rings is 3. The number of nitrogens with one attached hydrogen (secondary N) is 2. The minimum atomic E-state index is -4.78. The smallest absolute Gasteiger partial charge is 0.484 e. The number of nitrogens with zero attached hydrogens (tertiary/aromatic N) is 2. The van der Waals surface area contributed by atoms with Crippen molar-refractivity contribution in [2.45, 2.75) is 59.0 Å². The van der Waals surface area contributed by atoms with Gasteiger partial charge >= 0.3 is 13.0 Å². The van der Waals surface area contributed by atoms with Gasteiger partial charge in [0.05, 0.1) is 11.0 Å². The fourth-order valence-electron chi connectivity index (χ4n) is 6.05. The van der Waals surface area contributed by atoms with Gasteiger partial charge < -0.3 is 29.4 Å². The fourth-order valence-corrected chi connectivity index (χ4v) is 6.05. The lowest BCUT2D eigenvalue weighted by Gasteiger charge is -2.40. The Bertz CT molecular complexity index is 1620. The molecule has 13 heteroatoms. The molecule has 0 bridgehead atoms. The van der Waals surface area contributed by atoms with E-state index in [0.29, 0.717) is 34.5 Å². The summed E-state index contributed by atoms with van der Waals surface area (Å²) in [5.41, 5.74) is 2.47. The molecule has 2 N–H and O–H groups in total. The van der Waals surface area contributed by atoms with E-state index < -0.39 is 18.9 Å². The van der Waals surface area contributed by atoms with Gasteiger partial charge in [-0.2, -0.15) is 8.78 Å². The van der Waals surface area contributed by atoms with Crippen LogP contribution in [-0.4, -0.2) is 35.0 Å². The zero-order valence-electron chi connectivity index (χ0n) is 24.8. The van der Waals surface area contributed by atoms with Gasteiger partial charge in [0.15, 0.2) is 6.61 Å². The standard InChI is InChI=1S/C32H33F5N4O4/c1-19-14-22(17-31(2,3)16-19)41-27-13-12-25(43-18-28(42)38-20-4-8-23(9-5-20)44-29(33)34)15-26(27)40-30(41)39-21-6-10-24(11-7-21)45-32(35,36)37/h4-13,15,19,22,29H,14,16-18H2,1-3H3,(H,38,42)(H,39,40)/t19-,22-/m0/s1. The lowest BCUT2D eigenvalue weighted by atomic mass is 9.70. The number of rotatable bonds is 10. The predicted molar refractivity (Wildman–Crippen MR) is 159 cm³/mol. The molecule has 2 atom stereocenters. The molecule has 0 unspecified atom stereocenters. The molecule has 1 amide bonds. The Hall–Kier alpha value is -4.55. The molecule has 1 fully saturated rings. The van der Waals surface area contributed by atoms with Crippen LogP contribution in [0.4, 0.5) is 39.3 Å². The number of anilines is 3. The monoisotopic (exact) mass is 632 g/mol. The molecule has 3 aromatic carbocycles. The van der Waals surface area contributed by atoms with Crippen molar-refractivity contribution >= 4 is 34.3 Å². The van der Waals surface area contributed by atoms with E-state index in [0.717, 1.165) is 24.8 Å². The second-order valence-electron chi connectivity index (χ2n) is 12.0. The molecule has 0 aliphatic heterocycles. The van der Waals surface area contributed by atoms with E-state index in [2.05, 4.69) is 45.4 Å². The van der Waals surface area contributed by atoms with Crippen molar-refractivity contribution in [3.63, 3.8) is 0 Å². The van der Waals surface area contributed by atoms with Crippen molar-refractivity contribution in [2.75, 3.05) is 17.2 Å². The molecule has 0 spiro atoms. The van der Waals surface area contributed by atoms with Crippen LogP contribution in [0.1, 0.15) is 46.1 Å². The minimum absolute atomic E-state index is 0.0282. The van der Waals surface area contributed by atoms with Gasteiger partial charge in [0.2, 0.25) is 5.95 Å². The van der Waals surface area contributed by atoms with Crippen LogP contribution in [0.5, 0.6) is 17.2 Å². The molecule has 0 saturated heterocycles. The van der Waals surface area contributed by atoms with Gasteiger partial charge in [-0.3, -0.25) is 4.79 Å². The van der Waals surface area contributed by atoms with E-state index >= 15 is 0 Å². The van der Waals surface area contributed by atoms with Gasteiger partial charge in [0.1, 0.15) is 17.2 Å². The Morgan fingerprint density at radius 1 is 0.978 bits per heavy atom. The molecule has 1 heterocycles. The Morgan fingerprint density at radius 3 is 2.27 bits per heavy atom. The molecular formula is C32H33F5N4O4. The van der Waals surface area contributed by atoms with Crippen LogP contribution in [0.25, 0.3) is 11.0 Å². The largest absolute Gasteiger partial charge is 0.573 e. The maximum absolute atomic E-state index is 12.6. The Balaban J connectivity index is 1.35. The summed E-state index contributed by atoms with van der Waals surface area (Å²) >= 11 is 0. The normalized spacial score (nSPS) is 18.1. The van der Waals surface area contributed by atoms with Crippen LogP contribution in [0, 0.1) is 11.3 Å². The number of carbonyl (C=O) groups excluding carboxylic acids is 1. The van der Waals surface area contributed by atoms with Crippen LogP contribution < -0.4 is 24.8 Å². The second-order valence-corrected chi connectivity index (χ2v) is 12.0. The van der Waals surface area contributed by atoms with Gasteiger partial charge in [-0.15, -0.1) is 13.2 Å². The van der Waals surface area contributed by atoms with Gasteiger partial charge in [-0.1, -0.05) is 20.8 Å². The van der Waals surface area contributed by atoms with E-state index in [-0.39, 0.29) is 29.6 Å². The molecule has 1 aliphatic carbocycles. The van der Waals surface area contributed by atoms with Crippen LogP contribution in [0.15, 0.2) is 66.7 Å². The number of ether oxygens (including phenoxy) is 3. The maximum atomic E-state index is 12.6. The quantitative estimate of drug-likeness (QED) is 0.170. The van der Waals surface area contributed by atoms with Gasteiger partial charge in [-0.05, 0) is 91.3 Å². The second kappa shape index (κ2) is 12.8. The molecule has 0 radical (unpaired) electrons. The highest BCUT2D eigenvalue weighted by atomic mass is 19.4. The highest BCUT2D eigenvalue weighted by Gasteiger charge is 2.35. The number of fused-ring (bicyclic) bond motifs is 1. The first kappa shape index (κ1) is 31.9. The average molecular weight is 633 g/mol. The number of aromatic nitrogens is 2. The number of alkyl halides is 5. The Morgan fingerprint density at radius 2 is 1.62 bits per heavy atom. The molecule has 5 rings (SSSR count). The summed E-state index contributed by atoms with van der Waals surface area (Å²) in [5, 5.41) is 5.90. The SMILES string of the molecule is C[C@H]1C[C@H](n2c(Nc3ccc(OC(F)(F)F)cc3)nc3cc(OCC(=O)Nc4ccc(OC(F)F)cc4)ccc32)CC(C)(C)C1. The van der Waals surface area contributed by atoms with E-state index in [1.54, 1.807) is 12.1 Å². The van der Waals surface area contributed by atoms with Crippen molar-refractivity contribution in [1.82, 2.24) is 9.55 Å². The summed E-state index contributed by atoms with van der Waals surface area (Å²) in [6, 6.07) is 16.4. The summed E-state index contributed by atoms with van der Waals surface area (Å²) in [4.78, 5) is 17.3. The lowest BCUT2D eigenvalue weighted by Crippen LogP contribution is -2.29. The van der Waals surface area contributed by atoms with Gasteiger partial charge in [0.25, 0.3) is 5.91 Å². The van der Waals surface area contributed by atoms with Gasteiger partial charge in [-0.25, -0.2) is 4.98 Å². The van der Waals surface area contributed by atoms with Crippen molar-refractivity contribution in [3.8, 4) is 17.2 Å². The number of hydrogen-bond acceptors (Lipinski definition) is 6. The number of hydrogen-bond donors (Lipinski definition) is 2. The van der Waals surface area contributed by atoms with E-state index in [4.69, 9.17) is 9.72 Å². The van der Waals surface area contributed by atoms with Crippen LogP contribution >= 0.6 is 0 Å². The van der Waals surface area contributed by atoms with E-state index in [1.807, 2.05) is 6.07 Å². The van der Waals surface area contributed by atoms with E-state index in [1.165, 1.54) is 48.5 Å².